The summed E-state index contributed by atoms with van der Waals surface area (Å²) in [6, 6.07) is 5.71. The summed E-state index contributed by atoms with van der Waals surface area (Å²) in [7, 11) is -3.69. The molecule has 0 aliphatic rings. The Bertz CT molecular complexity index is 610. The van der Waals surface area contributed by atoms with Crippen LogP contribution in [-0.4, -0.2) is 31.9 Å². The predicted molar refractivity (Wildman–Crippen MR) is 77.4 cm³/mol. The topological polar surface area (TPSA) is 113 Å². The highest BCUT2D eigenvalue weighted by Crippen LogP contribution is 2.14. The standard InChI is InChI=1S/C13H18N2O5S/c1-9(7-13(17)18)8-14-21(19,20)12-5-3-11(4-6-12)15-10(2)16/h3-6,9,14H,7-8H2,1-2H3,(H,15,16)(H,17,18). The third-order valence-electron chi connectivity index (χ3n) is 2.63. The Hall–Kier alpha value is -1.93. The number of rotatable bonds is 7. The summed E-state index contributed by atoms with van der Waals surface area (Å²) >= 11 is 0. The smallest absolute Gasteiger partial charge is 0.303 e. The molecule has 1 amide bonds. The van der Waals surface area contributed by atoms with Gasteiger partial charge in [-0.3, -0.25) is 9.59 Å². The van der Waals surface area contributed by atoms with Crippen LogP contribution in [0.3, 0.4) is 0 Å². The normalized spacial score (nSPS) is 12.7. The van der Waals surface area contributed by atoms with Crippen molar-refractivity contribution in [1.29, 1.82) is 0 Å². The molecule has 0 aromatic heterocycles. The third kappa shape index (κ3) is 5.92. The van der Waals surface area contributed by atoms with Gasteiger partial charge in [0.2, 0.25) is 15.9 Å². The van der Waals surface area contributed by atoms with Crippen LogP contribution in [0, 0.1) is 5.92 Å². The Balaban J connectivity index is 2.70. The van der Waals surface area contributed by atoms with Crippen LogP contribution in [0.5, 0.6) is 0 Å². The van der Waals surface area contributed by atoms with Crippen LogP contribution in [0.15, 0.2) is 29.2 Å². The number of carboxylic acids is 1. The molecular formula is C13H18N2O5S. The quantitative estimate of drug-likeness (QED) is 0.696. The van der Waals surface area contributed by atoms with E-state index in [1.807, 2.05) is 0 Å². The van der Waals surface area contributed by atoms with Gasteiger partial charge >= 0.3 is 5.97 Å². The lowest BCUT2D eigenvalue weighted by atomic mass is 10.1. The highest BCUT2D eigenvalue weighted by atomic mass is 32.2. The maximum Gasteiger partial charge on any atom is 0.303 e. The van der Waals surface area contributed by atoms with E-state index in [-0.39, 0.29) is 29.7 Å². The van der Waals surface area contributed by atoms with Gasteiger partial charge in [-0.05, 0) is 30.2 Å². The van der Waals surface area contributed by atoms with E-state index in [4.69, 9.17) is 5.11 Å². The zero-order valence-electron chi connectivity index (χ0n) is 11.8. The number of sulfonamides is 1. The maximum atomic E-state index is 12.0. The fourth-order valence-electron chi connectivity index (χ4n) is 1.63. The third-order valence-corrected chi connectivity index (χ3v) is 4.07. The number of carbonyl (C=O) groups excluding carboxylic acids is 1. The number of anilines is 1. The highest BCUT2D eigenvalue weighted by Gasteiger charge is 2.16. The maximum absolute atomic E-state index is 12.0. The molecule has 1 aromatic carbocycles. The molecule has 1 rings (SSSR count). The minimum absolute atomic E-state index is 0.0437. The van der Waals surface area contributed by atoms with Crippen LogP contribution in [0.1, 0.15) is 20.3 Å². The molecule has 7 nitrogen and oxygen atoms in total. The number of hydrogen-bond donors (Lipinski definition) is 3. The highest BCUT2D eigenvalue weighted by molar-refractivity contribution is 7.89. The van der Waals surface area contributed by atoms with Gasteiger partial charge in [0, 0.05) is 25.6 Å². The van der Waals surface area contributed by atoms with E-state index in [0.29, 0.717) is 5.69 Å². The van der Waals surface area contributed by atoms with Crippen LogP contribution >= 0.6 is 0 Å². The van der Waals surface area contributed by atoms with Crippen LogP contribution in [0.25, 0.3) is 0 Å². The van der Waals surface area contributed by atoms with Crippen molar-refractivity contribution in [2.75, 3.05) is 11.9 Å². The van der Waals surface area contributed by atoms with E-state index in [1.54, 1.807) is 6.92 Å². The molecular weight excluding hydrogens is 296 g/mol. The van der Waals surface area contributed by atoms with Gasteiger partial charge in [-0.2, -0.15) is 0 Å². The lowest BCUT2D eigenvalue weighted by Crippen LogP contribution is -2.29. The molecule has 0 aliphatic heterocycles. The summed E-state index contributed by atoms with van der Waals surface area (Å²) in [6.07, 6.45) is -0.107. The van der Waals surface area contributed by atoms with Crippen molar-refractivity contribution in [2.45, 2.75) is 25.2 Å². The number of aliphatic carboxylic acids is 1. The monoisotopic (exact) mass is 314 g/mol. The van der Waals surface area contributed by atoms with Gasteiger partial charge in [0.15, 0.2) is 0 Å². The number of nitrogens with one attached hydrogen (secondary N) is 2. The summed E-state index contributed by atoms with van der Waals surface area (Å²) in [5, 5.41) is 11.2. The average molecular weight is 314 g/mol. The molecule has 21 heavy (non-hydrogen) atoms. The van der Waals surface area contributed by atoms with Gasteiger partial charge in [-0.1, -0.05) is 6.92 Å². The molecule has 1 aromatic rings. The Labute approximate surface area is 123 Å². The molecule has 116 valence electrons. The van der Waals surface area contributed by atoms with Crippen molar-refractivity contribution in [3.8, 4) is 0 Å². The van der Waals surface area contributed by atoms with Crippen LogP contribution in [-0.2, 0) is 19.6 Å². The predicted octanol–water partition coefficient (Wildman–Crippen LogP) is 1.03. The molecule has 0 radical (unpaired) electrons. The summed E-state index contributed by atoms with van der Waals surface area (Å²) in [5.74, 6) is -1.52. The lowest BCUT2D eigenvalue weighted by Gasteiger charge is -2.11. The molecule has 0 saturated carbocycles. The number of hydrogen-bond acceptors (Lipinski definition) is 4. The first-order chi connectivity index (χ1) is 9.70. The number of carboxylic acid groups (broad SMARTS) is 1. The zero-order valence-corrected chi connectivity index (χ0v) is 12.6. The van der Waals surface area contributed by atoms with Crippen LogP contribution < -0.4 is 10.0 Å². The molecule has 0 fully saturated rings. The van der Waals surface area contributed by atoms with Crippen molar-refractivity contribution >= 4 is 27.6 Å². The Morgan fingerprint density at radius 1 is 1.24 bits per heavy atom. The minimum atomic E-state index is -3.69. The Kier molecular flexibility index (Phi) is 5.86. The number of carbonyl (C=O) groups is 2. The van der Waals surface area contributed by atoms with E-state index in [2.05, 4.69) is 10.0 Å². The average Bonchev–Trinajstić information content (AvgIpc) is 2.36. The Morgan fingerprint density at radius 2 is 1.81 bits per heavy atom. The van der Waals surface area contributed by atoms with Crippen molar-refractivity contribution in [2.24, 2.45) is 5.92 Å². The summed E-state index contributed by atoms with van der Waals surface area (Å²) in [6.45, 7) is 3.05. The molecule has 0 aliphatic carbocycles. The molecule has 0 bridgehead atoms. The van der Waals surface area contributed by atoms with Crippen molar-refractivity contribution in [3.63, 3.8) is 0 Å². The van der Waals surface area contributed by atoms with Gasteiger partial charge in [-0.25, -0.2) is 13.1 Å². The van der Waals surface area contributed by atoms with Crippen molar-refractivity contribution in [3.05, 3.63) is 24.3 Å². The molecule has 3 N–H and O–H groups in total. The first-order valence-electron chi connectivity index (χ1n) is 6.30. The molecule has 1 unspecified atom stereocenters. The minimum Gasteiger partial charge on any atom is -0.481 e. The van der Waals surface area contributed by atoms with Crippen molar-refractivity contribution < 1.29 is 23.1 Å². The van der Waals surface area contributed by atoms with Gasteiger partial charge < -0.3 is 10.4 Å². The second-order valence-corrected chi connectivity index (χ2v) is 6.53. The van der Waals surface area contributed by atoms with E-state index in [9.17, 15) is 18.0 Å². The summed E-state index contributed by atoms with van der Waals surface area (Å²) < 4.78 is 26.4. The van der Waals surface area contributed by atoms with Crippen LogP contribution in [0.4, 0.5) is 5.69 Å². The van der Waals surface area contributed by atoms with E-state index < -0.39 is 16.0 Å². The van der Waals surface area contributed by atoms with Gasteiger partial charge in [0.25, 0.3) is 0 Å². The molecule has 0 spiro atoms. The second-order valence-electron chi connectivity index (χ2n) is 4.76. The zero-order chi connectivity index (χ0) is 16.0. The van der Waals surface area contributed by atoms with Crippen molar-refractivity contribution in [1.82, 2.24) is 4.72 Å². The van der Waals surface area contributed by atoms with E-state index in [0.717, 1.165) is 0 Å². The molecule has 8 heteroatoms. The largest absolute Gasteiger partial charge is 0.481 e. The van der Waals surface area contributed by atoms with Gasteiger partial charge in [-0.15, -0.1) is 0 Å². The Morgan fingerprint density at radius 3 is 2.29 bits per heavy atom. The first-order valence-corrected chi connectivity index (χ1v) is 7.78. The fourth-order valence-corrected chi connectivity index (χ4v) is 2.79. The van der Waals surface area contributed by atoms with E-state index >= 15 is 0 Å². The molecule has 0 saturated heterocycles. The van der Waals surface area contributed by atoms with Gasteiger partial charge in [0.05, 0.1) is 4.90 Å². The fraction of sp³-hybridized carbons (Fsp3) is 0.385. The summed E-state index contributed by atoms with van der Waals surface area (Å²) in [4.78, 5) is 21.4. The van der Waals surface area contributed by atoms with Crippen LogP contribution in [0.2, 0.25) is 0 Å². The second kappa shape index (κ2) is 7.19. The molecule has 0 heterocycles. The molecule has 1 atom stereocenters. The number of amides is 1. The summed E-state index contributed by atoms with van der Waals surface area (Å²) in [5.41, 5.74) is 0.501. The van der Waals surface area contributed by atoms with Gasteiger partial charge in [0.1, 0.15) is 0 Å². The number of benzene rings is 1. The van der Waals surface area contributed by atoms with E-state index in [1.165, 1.54) is 31.2 Å². The lowest BCUT2D eigenvalue weighted by molar-refractivity contribution is -0.137. The SMILES string of the molecule is CC(=O)Nc1ccc(S(=O)(=O)NCC(C)CC(=O)O)cc1. The first kappa shape index (κ1) is 17.1.